The molecular formula is C67H41N5. The maximum absolute atomic E-state index is 5.63. The number of hydrogen-bond acceptors (Lipinski definition) is 3. The van der Waals surface area contributed by atoms with E-state index in [1.807, 2.05) is 0 Å². The van der Waals surface area contributed by atoms with Gasteiger partial charge in [-0.3, -0.25) is 4.57 Å². The lowest BCUT2D eigenvalue weighted by Gasteiger charge is -2.21. The molecule has 5 nitrogen and oxygen atoms in total. The Morgan fingerprint density at radius 3 is 1.40 bits per heavy atom. The molecule has 12 aromatic carbocycles. The standard InChI is InChI=1S/C67H41N5/c1-2-18-44(19-3-1)55-40-59(66-68-65(50-34-33-42-17-4-5-21-45(42)35-50)69-67(70-66)72-60-31-14-12-28-53(60)54-29-13-15-32-61(54)72)56(52-30-16-26-43-20-10-11-27-51(43)52)41-64(55)71-62-38-48-24-8-6-22-46(48)36-57(62)58-37-47-23-7-9-25-49(47)39-63(58)71/h1-41H. The van der Waals surface area contributed by atoms with Crippen molar-refractivity contribution in [2.24, 2.45) is 0 Å². The molecule has 15 rings (SSSR count). The number of nitrogens with zero attached hydrogens (tertiary/aromatic N) is 5. The van der Waals surface area contributed by atoms with E-state index in [1.54, 1.807) is 0 Å². The van der Waals surface area contributed by atoms with Crippen LogP contribution in [-0.2, 0) is 0 Å². The molecule has 0 N–H and O–H groups in total. The summed E-state index contributed by atoms with van der Waals surface area (Å²) in [5, 5.41) is 14.1. The summed E-state index contributed by atoms with van der Waals surface area (Å²) in [7, 11) is 0. The number of rotatable bonds is 6. The molecule has 0 saturated carbocycles. The van der Waals surface area contributed by atoms with Gasteiger partial charge in [-0.15, -0.1) is 0 Å². The Labute approximate surface area is 414 Å². The van der Waals surface area contributed by atoms with E-state index in [1.165, 1.54) is 32.3 Å². The summed E-state index contributed by atoms with van der Waals surface area (Å²) < 4.78 is 4.71. The molecule has 0 aliphatic rings. The van der Waals surface area contributed by atoms with Crippen LogP contribution in [0, 0.1) is 0 Å². The first-order valence-corrected chi connectivity index (χ1v) is 24.5. The van der Waals surface area contributed by atoms with Gasteiger partial charge in [0.15, 0.2) is 11.6 Å². The Morgan fingerprint density at radius 1 is 0.236 bits per heavy atom. The molecule has 0 radical (unpaired) electrons. The van der Waals surface area contributed by atoms with Crippen LogP contribution >= 0.6 is 0 Å². The monoisotopic (exact) mass is 915 g/mol. The number of hydrogen-bond donors (Lipinski definition) is 0. The highest BCUT2D eigenvalue weighted by molar-refractivity contribution is 6.17. The molecule has 15 aromatic rings. The quantitative estimate of drug-likeness (QED) is 0.167. The van der Waals surface area contributed by atoms with E-state index in [2.05, 4.69) is 258 Å². The normalized spacial score (nSPS) is 11.9. The molecule has 0 atom stereocenters. The minimum Gasteiger partial charge on any atom is -0.309 e. The van der Waals surface area contributed by atoms with E-state index in [-0.39, 0.29) is 0 Å². The highest BCUT2D eigenvalue weighted by Crippen LogP contribution is 2.45. The lowest BCUT2D eigenvalue weighted by atomic mass is 9.90. The summed E-state index contributed by atoms with van der Waals surface area (Å²) in [4.78, 5) is 16.6. The zero-order chi connectivity index (χ0) is 47.3. The molecular weight excluding hydrogens is 875 g/mol. The van der Waals surface area contributed by atoms with Gasteiger partial charge in [-0.1, -0.05) is 194 Å². The van der Waals surface area contributed by atoms with Crippen LogP contribution < -0.4 is 0 Å². The molecule has 5 heteroatoms. The second-order valence-electron chi connectivity index (χ2n) is 18.8. The van der Waals surface area contributed by atoms with Crippen molar-refractivity contribution in [2.45, 2.75) is 0 Å². The fourth-order valence-electron chi connectivity index (χ4n) is 11.3. The van der Waals surface area contributed by atoms with Crippen LogP contribution in [0.5, 0.6) is 0 Å². The fourth-order valence-corrected chi connectivity index (χ4v) is 11.3. The summed E-state index contributed by atoms with van der Waals surface area (Å²) in [6.45, 7) is 0. The predicted molar refractivity (Wildman–Crippen MR) is 300 cm³/mol. The van der Waals surface area contributed by atoms with Gasteiger partial charge in [0.05, 0.1) is 27.8 Å². The van der Waals surface area contributed by atoms with E-state index >= 15 is 0 Å². The second kappa shape index (κ2) is 15.9. The summed E-state index contributed by atoms with van der Waals surface area (Å²) in [6.07, 6.45) is 0. The molecule has 72 heavy (non-hydrogen) atoms. The van der Waals surface area contributed by atoms with Gasteiger partial charge in [-0.25, -0.2) is 4.98 Å². The van der Waals surface area contributed by atoms with Crippen molar-refractivity contribution in [1.82, 2.24) is 24.1 Å². The van der Waals surface area contributed by atoms with Crippen molar-refractivity contribution in [3.05, 3.63) is 249 Å². The lowest BCUT2D eigenvalue weighted by molar-refractivity contribution is 0.954. The Morgan fingerprint density at radius 2 is 0.750 bits per heavy atom. The van der Waals surface area contributed by atoms with Crippen molar-refractivity contribution in [1.29, 1.82) is 0 Å². The maximum atomic E-state index is 5.63. The number of para-hydroxylation sites is 2. The van der Waals surface area contributed by atoms with Gasteiger partial charge in [0.25, 0.3) is 0 Å². The molecule has 3 heterocycles. The number of benzene rings is 12. The molecule has 0 spiro atoms. The largest absolute Gasteiger partial charge is 0.309 e. The molecule has 0 aliphatic heterocycles. The molecule has 334 valence electrons. The van der Waals surface area contributed by atoms with Crippen molar-refractivity contribution < 1.29 is 0 Å². The average molecular weight is 916 g/mol. The molecule has 0 bridgehead atoms. The van der Waals surface area contributed by atoms with E-state index in [0.29, 0.717) is 17.6 Å². The molecule has 0 saturated heterocycles. The van der Waals surface area contributed by atoms with Crippen LogP contribution in [0.3, 0.4) is 0 Å². The summed E-state index contributed by atoms with van der Waals surface area (Å²) in [5.41, 5.74) is 11.5. The third kappa shape index (κ3) is 6.31. The zero-order valence-corrected chi connectivity index (χ0v) is 38.9. The Kier molecular flexibility index (Phi) is 8.89. The van der Waals surface area contributed by atoms with Crippen LogP contribution in [0.15, 0.2) is 249 Å². The third-order valence-corrected chi connectivity index (χ3v) is 14.7. The summed E-state index contributed by atoms with van der Waals surface area (Å²) in [5.74, 6) is 1.73. The molecule has 3 aromatic heterocycles. The topological polar surface area (TPSA) is 48.5 Å². The van der Waals surface area contributed by atoms with Crippen molar-refractivity contribution in [2.75, 3.05) is 0 Å². The number of aromatic nitrogens is 5. The first-order valence-electron chi connectivity index (χ1n) is 24.5. The highest BCUT2D eigenvalue weighted by Gasteiger charge is 2.25. The Balaban J connectivity index is 1.10. The first-order chi connectivity index (χ1) is 35.7. The molecule has 0 amide bonds. The summed E-state index contributed by atoms with van der Waals surface area (Å²) >= 11 is 0. The molecule has 0 aliphatic carbocycles. The van der Waals surface area contributed by atoms with Gasteiger partial charge >= 0.3 is 0 Å². The van der Waals surface area contributed by atoms with Crippen molar-refractivity contribution in [3.8, 4) is 56.7 Å². The van der Waals surface area contributed by atoms with E-state index in [0.717, 1.165) is 93.5 Å². The van der Waals surface area contributed by atoms with E-state index < -0.39 is 0 Å². The lowest BCUT2D eigenvalue weighted by Crippen LogP contribution is -2.07. The van der Waals surface area contributed by atoms with E-state index in [4.69, 9.17) is 15.0 Å². The zero-order valence-electron chi connectivity index (χ0n) is 38.9. The second-order valence-corrected chi connectivity index (χ2v) is 18.8. The van der Waals surface area contributed by atoms with Gasteiger partial charge in [0.2, 0.25) is 5.95 Å². The van der Waals surface area contributed by atoms with Crippen LogP contribution in [0.4, 0.5) is 0 Å². The molecule has 0 fully saturated rings. The highest BCUT2D eigenvalue weighted by atomic mass is 15.2. The van der Waals surface area contributed by atoms with Gasteiger partial charge in [-0.2, -0.15) is 9.97 Å². The van der Waals surface area contributed by atoms with Crippen LogP contribution in [0.2, 0.25) is 0 Å². The fraction of sp³-hybridized carbons (Fsp3) is 0. The minimum absolute atomic E-state index is 0.552. The van der Waals surface area contributed by atoms with Gasteiger partial charge in [0.1, 0.15) is 0 Å². The first kappa shape index (κ1) is 40.2. The number of fused-ring (bicyclic) bond motifs is 10. The van der Waals surface area contributed by atoms with Crippen molar-refractivity contribution >= 4 is 86.7 Å². The smallest absolute Gasteiger partial charge is 0.238 e. The van der Waals surface area contributed by atoms with Crippen LogP contribution in [-0.4, -0.2) is 24.1 Å². The average Bonchev–Trinajstić information content (AvgIpc) is 3.95. The minimum atomic E-state index is 0.552. The maximum Gasteiger partial charge on any atom is 0.238 e. The van der Waals surface area contributed by atoms with Crippen LogP contribution in [0.1, 0.15) is 0 Å². The molecule has 0 unspecified atom stereocenters. The van der Waals surface area contributed by atoms with E-state index in [9.17, 15) is 0 Å². The van der Waals surface area contributed by atoms with Gasteiger partial charge < -0.3 is 4.57 Å². The summed E-state index contributed by atoms with van der Waals surface area (Å²) in [6, 6.07) is 89.7. The van der Waals surface area contributed by atoms with Crippen LogP contribution in [0.25, 0.3) is 143 Å². The van der Waals surface area contributed by atoms with Crippen molar-refractivity contribution in [3.63, 3.8) is 0 Å². The Bertz CT molecular complexity index is 4550. The van der Waals surface area contributed by atoms with Gasteiger partial charge in [-0.05, 0) is 114 Å². The van der Waals surface area contributed by atoms with Gasteiger partial charge in [0, 0.05) is 38.2 Å². The Hall–Kier alpha value is -9.71. The predicted octanol–water partition coefficient (Wildman–Crippen LogP) is 17.3. The third-order valence-electron chi connectivity index (χ3n) is 14.7. The SMILES string of the molecule is c1ccc(-c2cc(-c3nc(-c4ccc5ccccc5c4)nc(-n4c5ccccc5c5ccccc54)n3)c(-c3cccc4ccccc34)cc2-n2c3cc4ccccc4cc3c3cc4ccccc4cc32)cc1.